The molecule has 0 N–H and O–H groups in total. The number of hydrogen-bond donors (Lipinski definition) is 0. The second-order valence-corrected chi connectivity index (χ2v) is 7.26. The lowest BCUT2D eigenvalue weighted by Crippen LogP contribution is -2.37. The molecule has 1 aromatic heterocycles. The van der Waals surface area contributed by atoms with Gasteiger partial charge in [-0.1, -0.05) is 71.7 Å². The highest BCUT2D eigenvalue weighted by molar-refractivity contribution is 6.42. The smallest absolute Gasteiger partial charge is 0.223 e. The van der Waals surface area contributed by atoms with E-state index in [9.17, 15) is 0 Å². The minimum Gasteiger partial charge on any atom is -0.223 e. The van der Waals surface area contributed by atoms with Crippen LogP contribution in [0.1, 0.15) is 17.0 Å². The Labute approximate surface area is 163 Å². The van der Waals surface area contributed by atoms with Crippen LogP contribution in [0.4, 0.5) is 0 Å². The summed E-state index contributed by atoms with van der Waals surface area (Å²) in [5.74, 6) is 1.21. The standard InChI is InChI=1S/C22H19Cl2N2/c1-16-25(14-17-7-3-2-4-8-17)21-9-5-6-10-22(21)26(16)15-18-11-12-19(23)20(24)13-18/h2-13H,14-15H2,1H3/q+1. The van der Waals surface area contributed by atoms with Crippen molar-refractivity contribution in [2.24, 2.45) is 0 Å². The van der Waals surface area contributed by atoms with Gasteiger partial charge < -0.3 is 0 Å². The van der Waals surface area contributed by atoms with Gasteiger partial charge in [0.15, 0.2) is 11.0 Å². The summed E-state index contributed by atoms with van der Waals surface area (Å²) in [6.45, 7) is 3.77. The van der Waals surface area contributed by atoms with Crippen LogP contribution in [0.2, 0.25) is 10.0 Å². The zero-order valence-electron chi connectivity index (χ0n) is 14.5. The summed E-state index contributed by atoms with van der Waals surface area (Å²) in [4.78, 5) is 0. The van der Waals surface area contributed by atoms with Crippen molar-refractivity contribution >= 4 is 34.2 Å². The summed E-state index contributed by atoms with van der Waals surface area (Å²) < 4.78 is 4.69. The van der Waals surface area contributed by atoms with Crippen molar-refractivity contribution in [1.29, 1.82) is 0 Å². The molecule has 0 amide bonds. The van der Waals surface area contributed by atoms with E-state index in [4.69, 9.17) is 23.2 Å². The van der Waals surface area contributed by atoms with Crippen molar-refractivity contribution in [1.82, 2.24) is 4.57 Å². The molecule has 0 aliphatic carbocycles. The predicted molar refractivity (Wildman–Crippen MR) is 108 cm³/mol. The largest absolute Gasteiger partial charge is 0.254 e. The highest BCUT2D eigenvalue weighted by Gasteiger charge is 2.21. The predicted octanol–water partition coefficient (Wildman–Crippen LogP) is 5.64. The molecule has 0 saturated heterocycles. The zero-order valence-corrected chi connectivity index (χ0v) is 16.0. The summed E-state index contributed by atoms with van der Waals surface area (Å²) >= 11 is 12.3. The number of benzene rings is 3. The van der Waals surface area contributed by atoms with Gasteiger partial charge >= 0.3 is 0 Å². The first-order valence-corrected chi connectivity index (χ1v) is 9.34. The topological polar surface area (TPSA) is 8.81 Å². The van der Waals surface area contributed by atoms with Gasteiger partial charge in [-0.2, -0.15) is 0 Å². The molecular weight excluding hydrogens is 363 g/mol. The summed E-state index contributed by atoms with van der Waals surface area (Å²) in [6, 6.07) is 24.9. The molecule has 0 radical (unpaired) electrons. The minimum absolute atomic E-state index is 0.587. The second kappa shape index (κ2) is 7.14. The van der Waals surface area contributed by atoms with Crippen LogP contribution in [-0.2, 0) is 13.1 Å². The Morgan fingerprint density at radius 1 is 0.808 bits per heavy atom. The second-order valence-electron chi connectivity index (χ2n) is 6.44. The quantitative estimate of drug-likeness (QED) is 0.404. The van der Waals surface area contributed by atoms with Crippen LogP contribution in [-0.4, -0.2) is 4.57 Å². The lowest BCUT2D eigenvalue weighted by Gasteiger charge is -2.04. The third kappa shape index (κ3) is 3.23. The molecule has 0 unspecified atom stereocenters. The Hall–Kier alpha value is -2.29. The van der Waals surface area contributed by atoms with E-state index in [0.29, 0.717) is 10.0 Å². The number of nitrogens with zero attached hydrogens (tertiary/aromatic N) is 2. The highest BCUT2D eigenvalue weighted by Crippen LogP contribution is 2.23. The Kier molecular flexibility index (Phi) is 4.71. The first kappa shape index (κ1) is 17.1. The fourth-order valence-corrected chi connectivity index (χ4v) is 3.72. The molecular formula is C22H19Cl2N2+. The maximum atomic E-state index is 6.20. The molecule has 0 saturated carbocycles. The van der Waals surface area contributed by atoms with Crippen LogP contribution in [0.3, 0.4) is 0 Å². The van der Waals surface area contributed by atoms with E-state index in [2.05, 4.69) is 70.7 Å². The summed E-state index contributed by atoms with van der Waals surface area (Å²) in [5.41, 5.74) is 4.87. The minimum atomic E-state index is 0.587. The van der Waals surface area contributed by atoms with Crippen LogP contribution < -0.4 is 4.57 Å². The lowest BCUT2D eigenvalue weighted by molar-refractivity contribution is -0.669. The van der Waals surface area contributed by atoms with Crippen molar-refractivity contribution in [2.45, 2.75) is 20.0 Å². The average molecular weight is 382 g/mol. The monoisotopic (exact) mass is 381 g/mol. The number of halogens is 2. The number of aromatic nitrogens is 2. The van der Waals surface area contributed by atoms with Gasteiger partial charge in [-0.15, -0.1) is 0 Å². The van der Waals surface area contributed by atoms with Crippen LogP contribution in [0, 0.1) is 6.92 Å². The molecule has 0 spiro atoms. The molecule has 0 fully saturated rings. The van der Waals surface area contributed by atoms with Gasteiger partial charge in [0.2, 0.25) is 0 Å². The van der Waals surface area contributed by atoms with Crippen LogP contribution in [0.25, 0.3) is 11.0 Å². The van der Waals surface area contributed by atoms with Gasteiger partial charge in [0.1, 0.15) is 13.1 Å². The van der Waals surface area contributed by atoms with E-state index < -0.39 is 0 Å². The Morgan fingerprint density at radius 3 is 2.31 bits per heavy atom. The summed E-state index contributed by atoms with van der Waals surface area (Å²) in [5, 5.41) is 1.18. The van der Waals surface area contributed by atoms with E-state index >= 15 is 0 Å². The molecule has 1 heterocycles. The maximum absolute atomic E-state index is 6.20. The maximum Gasteiger partial charge on any atom is 0.254 e. The number of rotatable bonds is 4. The van der Waals surface area contributed by atoms with Gasteiger partial charge in [-0.25, -0.2) is 9.13 Å². The third-order valence-corrected chi connectivity index (χ3v) is 5.49. The molecule has 0 bridgehead atoms. The van der Waals surface area contributed by atoms with Gasteiger partial charge in [0.25, 0.3) is 5.82 Å². The molecule has 26 heavy (non-hydrogen) atoms. The Morgan fingerprint density at radius 2 is 1.54 bits per heavy atom. The van der Waals surface area contributed by atoms with E-state index in [1.807, 2.05) is 18.2 Å². The van der Waals surface area contributed by atoms with Crippen molar-refractivity contribution in [2.75, 3.05) is 0 Å². The zero-order chi connectivity index (χ0) is 18.1. The van der Waals surface area contributed by atoms with E-state index in [1.165, 1.54) is 22.4 Å². The normalized spacial score (nSPS) is 11.2. The molecule has 130 valence electrons. The summed E-state index contributed by atoms with van der Waals surface area (Å²) in [6.07, 6.45) is 0. The van der Waals surface area contributed by atoms with Gasteiger partial charge in [-0.3, -0.25) is 0 Å². The van der Waals surface area contributed by atoms with Crippen molar-refractivity contribution in [3.05, 3.63) is 99.8 Å². The third-order valence-electron chi connectivity index (χ3n) is 4.75. The lowest BCUT2D eigenvalue weighted by atomic mass is 10.2. The van der Waals surface area contributed by atoms with E-state index in [0.717, 1.165) is 18.7 Å². The van der Waals surface area contributed by atoms with E-state index in [-0.39, 0.29) is 0 Å². The van der Waals surface area contributed by atoms with Crippen LogP contribution >= 0.6 is 23.2 Å². The first-order chi connectivity index (χ1) is 12.6. The number of para-hydroxylation sites is 2. The molecule has 0 aliphatic heterocycles. The Bertz CT molecular complexity index is 1070. The molecule has 4 rings (SSSR count). The fraction of sp³-hybridized carbons (Fsp3) is 0.136. The highest BCUT2D eigenvalue weighted by atomic mass is 35.5. The molecule has 0 atom stereocenters. The van der Waals surface area contributed by atoms with Gasteiger partial charge in [0, 0.05) is 6.92 Å². The van der Waals surface area contributed by atoms with Crippen molar-refractivity contribution in [3.8, 4) is 0 Å². The van der Waals surface area contributed by atoms with Crippen molar-refractivity contribution < 1.29 is 4.57 Å². The number of fused-ring (bicyclic) bond motifs is 1. The summed E-state index contributed by atoms with van der Waals surface area (Å²) in [7, 11) is 0. The van der Waals surface area contributed by atoms with Crippen LogP contribution in [0.15, 0.2) is 72.8 Å². The molecule has 0 aliphatic rings. The van der Waals surface area contributed by atoms with Crippen molar-refractivity contribution in [3.63, 3.8) is 0 Å². The Balaban J connectivity index is 1.79. The van der Waals surface area contributed by atoms with Gasteiger partial charge in [-0.05, 0) is 35.4 Å². The van der Waals surface area contributed by atoms with Crippen LogP contribution in [0.5, 0.6) is 0 Å². The molecule has 4 heteroatoms. The number of imidazole rings is 1. The van der Waals surface area contributed by atoms with Gasteiger partial charge in [0.05, 0.1) is 10.0 Å². The fourth-order valence-electron chi connectivity index (χ4n) is 3.40. The molecule has 3 aromatic carbocycles. The SMILES string of the molecule is Cc1n(Cc2ccccc2)c2ccccc2[n+]1Cc1ccc(Cl)c(Cl)c1. The van der Waals surface area contributed by atoms with E-state index in [1.54, 1.807) is 0 Å². The molecule has 2 nitrogen and oxygen atoms in total. The molecule has 4 aromatic rings. The first-order valence-electron chi connectivity index (χ1n) is 8.59. The number of hydrogen-bond acceptors (Lipinski definition) is 0. The average Bonchev–Trinajstić information content (AvgIpc) is 2.92.